The Morgan fingerprint density at radius 2 is 1.81 bits per heavy atom. The summed E-state index contributed by atoms with van der Waals surface area (Å²) in [4.78, 5) is 12.9. The van der Waals surface area contributed by atoms with Gasteiger partial charge < -0.3 is 14.8 Å². The van der Waals surface area contributed by atoms with Crippen LogP contribution < -0.4 is 14.8 Å². The van der Waals surface area contributed by atoms with Gasteiger partial charge in [-0.3, -0.25) is 9.20 Å². The molecular formula is C23H24N4O3S. The lowest BCUT2D eigenvalue weighted by molar-refractivity contribution is -0.115. The molecule has 0 radical (unpaired) electrons. The molecule has 7 nitrogen and oxygen atoms in total. The molecule has 0 aliphatic carbocycles. The predicted octanol–water partition coefficient (Wildman–Crippen LogP) is 4.64. The van der Waals surface area contributed by atoms with Crippen molar-refractivity contribution in [2.24, 2.45) is 0 Å². The zero-order valence-corrected chi connectivity index (χ0v) is 18.9. The van der Waals surface area contributed by atoms with Crippen LogP contribution in [0.1, 0.15) is 18.1 Å². The van der Waals surface area contributed by atoms with Crippen molar-refractivity contribution >= 4 is 39.9 Å². The van der Waals surface area contributed by atoms with Gasteiger partial charge in [0.15, 0.2) is 22.3 Å². The SMILES string of the molecule is COc1ccc(NC(=O)C(C)Sc2nnc3cc(C)c4cccc(C)c4n23)cc1OC. The van der Waals surface area contributed by atoms with Crippen LogP contribution in [0.4, 0.5) is 5.69 Å². The van der Waals surface area contributed by atoms with Crippen LogP contribution in [0.2, 0.25) is 0 Å². The number of fused-ring (bicyclic) bond motifs is 3. The number of nitrogens with zero attached hydrogens (tertiary/aromatic N) is 3. The van der Waals surface area contributed by atoms with E-state index in [-0.39, 0.29) is 11.2 Å². The first kappa shape index (κ1) is 21.0. The molecule has 8 heteroatoms. The highest BCUT2D eigenvalue weighted by Gasteiger charge is 2.20. The summed E-state index contributed by atoms with van der Waals surface area (Å²) in [6.07, 6.45) is 0. The quantitative estimate of drug-likeness (QED) is 0.444. The number of anilines is 1. The van der Waals surface area contributed by atoms with Crippen LogP contribution >= 0.6 is 11.8 Å². The van der Waals surface area contributed by atoms with Crippen LogP contribution in [-0.4, -0.2) is 40.0 Å². The van der Waals surface area contributed by atoms with Gasteiger partial charge in [-0.05, 0) is 50.1 Å². The number of pyridine rings is 1. The van der Waals surface area contributed by atoms with Crippen LogP contribution in [0, 0.1) is 13.8 Å². The second-order valence-electron chi connectivity index (χ2n) is 7.29. The van der Waals surface area contributed by atoms with Crippen molar-refractivity contribution < 1.29 is 14.3 Å². The fourth-order valence-corrected chi connectivity index (χ4v) is 4.44. The largest absolute Gasteiger partial charge is 0.493 e. The molecular weight excluding hydrogens is 412 g/mol. The van der Waals surface area contributed by atoms with E-state index in [1.807, 2.05) is 23.5 Å². The molecule has 0 aliphatic heterocycles. The van der Waals surface area contributed by atoms with Crippen molar-refractivity contribution in [3.8, 4) is 11.5 Å². The van der Waals surface area contributed by atoms with Crippen molar-refractivity contribution in [3.63, 3.8) is 0 Å². The lowest BCUT2D eigenvalue weighted by atomic mass is 10.1. The summed E-state index contributed by atoms with van der Waals surface area (Å²) in [6, 6.07) is 13.5. The Hall–Kier alpha value is -3.26. The highest BCUT2D eigenvalue weighted by Crippen LogP contribution is 2.32. The molecule has 1 unspecified atom stereocenters. The zero-order chi connectivity index (χ0) is 22.1. The predicted molar refractivity (Wildman–Crippen MR) is 123 cm³/mol. The minimum Gasteiger partial charge on any atom is -0.493 e. The summed E-state index contributed by atoms with van der Waals surface area (Å²) in [7, 11) is 3.14. The molecule has 0 saturated heterocycles. The van der Waals surface area contributed by atoms with Crippen LogP contribution in [0.3, 0.4) is 0 Å². The van der Waals surface area contributed by atoms with E-state index in [1.54, 1.807) is 32.4 Å². The number of aromatic nitrogens is 3. The van der Waals surface area contributed by atoms with E-state index in [0.717, 1.165) is 27.7 Å². The van der Waals surface area contributed by atoms with Gasteiger partial charge in [-0.15, -0.1) is 10.2 Å². The molecule has 0 fully saturated rings. The molecule has 4 aromatic rings. The van der Waals surface area contributed by atoms with Crippen molar-refractivity contribution in [2.75, 3.05) is 19.5 Å². The monoisotopic (exact) mass is 436 g/mol. The van der Waals surface area contributed by atoms with Crippen molar-refractivity contribution in [2.45, 2.75) is 31.2 Å². The molecule has 2 heterocycles. The summed E-state index contributed by atoms with van der Waals surface area (Å²) < 4.78 is 12.6. The van der Waals surface area contributed by atoms with Gasteiger partial charge >= 0.3 is 0 Å². The number of rotatable bonds is 6. The average Bonchev–Trinajstić information content (AvgIpc) is 3.15. The molecule has 2 aromatic heterocycles. The molecule has 2 aromatic carbocycles. The third-order valence-corrected chi connectivity index (χ3v) is 6.24. The summed E-state index contributed by atoms with van der Waals surface area (Å²) in [5.74, 6) is 1.03. The maximum Gasteiger partial charge on any atom is 0.237 e. The van der Waals surface area contributed by atoms with Crippen LogP contribution in [0.15, 0.2) is 47.6 Å². The third-order valence-electron chi connectivity index (χ3n) is 5.19. The summed E-state index contributed by atoms with van der Waals surface area (Å²) in [6.45, 7) is 6.00. The minimum absolute atomic E-state index is 0.137. The summed E-state index contributed by atoms with van der Waals surface area (Å²) in [5, 5.41) is 13.1. The molecule has 1 amide bonds. The Morgan fingerprint density at radius 3 is 2.55 bits per heavy atom. The van der Waals surface area contributed by atoms with E-state index in [2.05, 4.69) is 41.5 Å². The van der Waals surface area contributed by atoms with Crippen LogP contribution in [-0.2, 0) is 4.79 Å². The Balaban J connectivity index is 1.61. The van der Waals surface area contributed by atoms with E-state index in [0.29, 0.717) is 22.3 Å². The Bertz CT molecular complexity index is 1290. The highest BCUT2D eigenvalue weighted by molar-refractivity contribution is 8.00. The number of hydrogen-bond acceptors (Lipinski definition) is 6. The smallest absolute Gasteiger partial charge is 0.237 e. The Morgan fingerprint density at radius 1 is 1.03 bits per heavy atom. The van der Waals surface area contributed by atoms with Gasteiger partial charge in [-0.25, -0.2) is 0 Å². The molecule has 1 N–H and O–H groups in total. The first-order valence-corrected chi connectivity index (χ1v) is 10.7. The number of benzene rings is 2. The van der Waals surface area contributed by atoms with E-state index >= 15 is 0 Å². The molecule has 0 spiro atoms. The second kappa shape index (κ2) is 8.47. The van der Waals surface area contributed by atoms with Crippen LogP contribution in [0.25, 0.3) is 16.6 Å². The molecule has 160 valence electrons. The van der Waals surface area contributed by atoms with Crippen LogP contribution in [0.5, 0.6) is 11.5 Å². The maximum atomic E-state index is 12.9. The minimum atomic E-state index is -0.388. The molecule has 4 rings (SSSR count). The van der Waals surface area contributed by atoms with Gasteiger partial charge in [0.2, 0.25) is 5.91 Å². The number of thioether (sulfide) groups is 1. The number of methoxy groups -OCH3 is 2. The first-order chi connectivity index (χ1) is 14.9. The molecule has 0 saturated carbocycles. The normalized spacial score (nSPS) is 12.2. The van der Waals surface area contributed by atoms with Gasteiger partial charge in [0.05, 0.1) is 25.0 Å². The van der Waals surface area contributed by atoms with Crippen molar-refractivity contribution in [1.29, 1.82) is 0 Å². The number of ether oxygens (including phenoxy) is 2. The fourth-order valence-electron chi connectivity index (χ4n) is 3.58. The number of para-hydroxylation sites is 1. The van der Waals surface area contributed by atoms with E-state index < -0.39 is 0 Å². The zero-order valence-electron chi connectivity index (χ0n) is 18.1. The van der Waals surface area contributed by atoms with Gasteiger partial charge in [0, 0.05) is 17.1 Å². The number of nitrogens with one attached hydrogen (secondary N) is 1. The van der Waals surface area contributed by atoms with Gasteiger partial charge in [-0.1, -0.05) is 30.0 Å². The number of hydrogen-bond donors (Lipinski definition) is 1. The standard InChI is InChI=1S/C23H24N4O3S/c1-13-7-6-8-17-14(2)11-20-25-26-23(27(20)21(13)17)31-15(3)22(28)24-16-9-10-18(29-4)19(12-16)30-5/h6-12,15H,1-5H3,(H,24,28). The van der Waals surface area contributed by atoms with Gasteiger partial charge in [0.25, 0.3) is 0 Å². The highest BCUT2D eigenvalue weighted by atomic mass is 32.2. The lowest BCUT2D eigenvalue weighted by Crippen LogP contribution is -2.22. The number of amides is 1. The second-order valence-corrected chi connectivity index (χ2v) is 8.60. The topological polar surface area (TPSA) is 77.8 Å². The first-order valence-electron chi connectivity index (χ1n) is 9.86. The fraction of sp³-hybridized carbons (Fsp3) is 0.261. The van der Waals surface area contributed by atoms with Gasteiger partial charge in [-0.2, -0.15) is 0 Å². The molecule has 31 heavy (non-hydrogen) atoms. The van der Waals surface area contributed by atoms with Gasteiger partial charge in [0.1, 0.15) is 0 Å². The Kier molecular flexibility index (Phi) is 5.73. The Labute approximate surface area is 184 Å². The number of carbonyl (C=O) groups is 1. The summed E-state index contributed by atoms with van der Waals surface area (Å²) in [5.41, 5.74) is 4.76. The number of carbonyl (C=O) groups excluding carboxylic acids is 1. The average molecular weight is 437 g/mol. The van der Waals surface area contributed by atoms with E-state index in [4.69, 9.17) is 9.47 Å². The molecule has 0 aliphatic rings. The third kappa shape index (κ3) is 3.90. The number of aryl methyl sites for hydroxylation is 2. The van der Waals surface area contributed by atoms with E-state index in [1.165, 1.54) is 11.8 Å². The molecule has 0 bridgehead atoms. The van der Waals surface area contributed by atoms with Crippen molar-refractivity contribution in [3.05, 3.63) is 53.6 Å². The summed E-state index contributed by atoms with van der Waals surface area (Å²) >= 11 is 1.38. The van der Waals surface area contributed by atoms with E-state index in [9.17, 15) is 4.79 Å². The molecule has 1 atom stereocenters. The lowest BCUT2D eigenvalue weighted by Gasteiger charge is -2.14. The van der Waals surface area contributed by atoms with Crippen molar-refractivity contribution in [1.82, 2.24) is 14.6 Å². The maximum absolute atomic E-state index is 12.9.